The minimum absolute atomic E-state index is 0.0622. The van der Waals surface area contributed by atoms with Crippen molar-refractivity contribution in [3.63, 3.8) is 0 Å². The Kier molecular flexibility index (Phi) is 6.43. The van der Waals surface area contributed by atoms with E-state index in [2.05, 4.69) is 36.6 Å². The Labute approximate surface area is 181 Å². The van der Waals surface area contributed by atoms with Gasteiger partial charge in [0.05, 0.1) is 10.2 Å². The van der Waals surface area contributed by atoms with Crippen molar-refractivity contribution in [2.75, 3.05) is 39.0 Å². The lowest BCUT2D eigenvalue weighted by Gasteiger charge is -2.47. The van der Waals surface area contributed by atoms with Crippen LogP contribution in [0.1, 0.15) is 12.6 Å². The van der Waals surface area contributed by atoms with Crippen LogP contribution in [-0.4, -0.2) is 72.1 Å². The minimum atomic E-state index is -3.45. The van der Waals surface area contributed by atoms with E-state index in [0.717, 1.165) is 0 Å². The van der Waals surface area contributed by atoms with Crippen molar-refractivity contribution in [3.8, 4) is 0 Å². The number of hydrogen-bond acceptors (Lipinski definition) is 8. The van der Waals surface area contributed by atoms with Crippen molar-refractivity contribution in [2.45, 2.75) is 6.92 Å². The molecule has 30 heavy (non-hydrogen) atoms. The molecule has 0 bridgehead atoms. The first-order chi connectivity index (χ1) is 14.1. The van der Waals surface area contributed by atoms with Gasteiger partial charge in [0.25, 0.3) is 10.2 Å². The molecule has 1 fully saturated rings. The van der Waals surface area contributed by atoms with Crippen molar-refractivity contribution in [1.82, 2.24) is 24.4 Å². The van der Waals surface area contributed by atoms with Gasteiger partial charge in [0, 0.05) is 39.1 Å². The standard InChI is InChI=1S/C16H21BrFN7O4S/c1-16(8-25(9-16)30(27,28)24(2)3)7-19-14-13(22-29-23-14)15(21-26)20-10-4-5-12(18)11(17)6-10/h4-6,26H,7-9H2,1-3H3,(H,19,23)(H,20,21). The minimum Gasteiger partial charge on any atom is -0.365 e. The summed E-state index contributed by atoms with van der Waals surface area (Å²) in [7, 11) is -0.480. The lowest BCUT2D eigenvalue weighted by atomic mass is 9.84. The van der Waals surface area contributed by atoms with Crippen LogP contribution in [0.25, 0.3) is 0 Å². The monoisotopic (exact) mass is 505 g/mol. The Balaban J connectivity index is 1.71. The van der Waals surface area contributed by atoms with Gasteiger partial charge >= 0.3 is 0 Å². The van der Waals surface area contributed by atoms with Gasteiger partial charge in [-0.1, -0.05) is 6.92 Å². The lowest BCUT2D eigenvalue weighted by Crippen LogP contribution is -2.61. The second-order valence-electron chi connectivity index (χ2n) is 7.35. The highest BCUT2D eigenvalue weighted by molar-refractivity contribution is 9.10. The highest BCUT2D eigenvalue weighted by atomic mass is 79.9. The van der Waals surface area contributed by atoms with E-state index >= 15 is 0 Å². The molecule has 0 radical (unpaired) electrons. The van der Waals surface area contributed by atoms with E-state index < -0.39 is 16.0 Å². The summed E-state index contributed by atoms with van der Waals surface area (Å²) in [5, 5.41) is 20.1. The maximum absolute atomic E-state index is 13.4. The van der Waals surface area contributed by atoms with Crippen LogP contribution in [-0.2, 0) is 10.2 Å². The summed E-state index contributed by atoms with van der Waals surface area (Å²) in [6.07, 6.45) is 0. The average Bonchev–Trinajstić information content (AvgIpc) is 3.13. The lowest BCUT2D eigenvalue weighted by molar-refractivity contribution is 0.0984. The zero-order chi connectivity index (χ0) is 22.1. The molecule has 0 unspecified atom stereocenters. The molecule has 2 heterocycles. The number of nitrogens with one attached hydrogen (secondary N) is 2. The second kappa shape index (κ2) is 8.55. The van der Waals surface area contributed by atoms with Gasteiger partial charge in [0.2, 0.25) is 5.82 Å². The largest absolute Gasteiger partial charge is 0.365 e. The number of hydrogen-bond donors (Lipinski definition) is 3. The van der Waals surface area contributed by atoms with E-state index in [1.54, 1.807) is 0 Å². The topological polar surface area (TPSA) is 136 Å². The Morgan fingerprint density at radius 2 is 2.13 bits per heavy atom. The number of aromatic nitrogens is 2. The molecule has 1 aromatic carbocycles. The van der Waals surface area contributed by atoms with Crippen LogP contribution in [0.4, 0.5) is 15.9 Å². The van der Waals surface area contributed by atoms with Gasteiger partial charge in [-0.15, -0.1) is 0 Å². The fourth-order valence-corrected chi connectivity index (χ4v) is 4.66. The summed E-state index contributed by atoms with van der Waals surface area (Å²) in [5.74, 6) is -0.295. The van der Waals surface area contributed by atoms with Gasteiger partial charge in [-0.3, -0.25) is 10.7 Å². The molecule has 0 aliphatic carbocycles. The van der Waals surface area contributed by atoms with Crippen LogP contribution < -0.4 is 10.8 Å². The van der Waals surface area contributed by atoms with E-state index in [-0.39, 0.29) is 27.2 Å². The smallest absolute Gasteiger partial charge is 0.281 e. The number of benzene rings is 1. The first-order valence-electron chi connectivity index (χ1n) is 8.74. The van der Waals surface area contributed by atoms with Crippen LogP contribution >= 0.6 is 15.9 Å². The molecule has 3 N–H and O–H groups in total. The Bertz CT molecular complexity index is 1050. The van der Waals surface area contributed by atoms with Gasteiger partial charge in [-0.2, -0.15) is 17.0 Å². The fraction of sp³-hybridized carbons (Fsp3) is 0.438. The average molecular weight is 506 g/mol. The number of aliphatic imine (C=N–C) groups is 1. The molecular weight excluding hydrogens is 485 g/mol. The molecule has 11 nitrogen and oxygen atoms in total. The van der Waals surface area contributed by atoms with Crippen molar-refractivity contribution >= 4 is 43.5 Å². The molecule has 0 spiro atoms. The van der Waals surface area contributed by atoms with Crippen molar-refractivity contribution < 1.29 is 22.6 Å². The van der Waals surface area contributed by atoms with Crippen molar-refractivity contribution in [3.05, 3.63) is 34.2 Å². The van der Waals surface area contributed by atoms with E-state index in [0.29, 0.717) is 25.3 Å². The quantitative estimate of drug-likeness (QED) is 0.293. The highest BCUT2D eigenvalue weighted by Crippen LogP contribution is 2.33. The molecule has 0 amide bonds. The highest BCUT2D eigenvalue weighted by Gasteiger charge is 2.45. The molecule has 2 aromatic rings. The molecule has 1 aliphatic rings. The molecule has 14 heteroatoms. The molecule has 0 atom stereocenters. The summed E-state index contributed by atoms with van der Waals surface area (Å²) in [4.78, 5) is 4.19. The molecule has 0 saturated carbocycles. The third-order valence-corrected chi connectivity index (χ3v) is 6.99. The number of rotatable bonds is 7. The zero-order valence-electron chi connectivity index (χ0n) is 16.4. The van der Waals surface area contributed by atoms with Crippen LogP contribution in [0, 0.1) is 11.2 Å². The maximum Gasteiger partial charge on any atom is 0.281 e. The van der Waals surface area contributed by atoms with Gasteiger partial charge in [0.15, 0.2) is 11.5 Å². The van der Waals surface area contributed by atoms with Crippen LogP contribution in [0.3, 0.4) is 0 Å². The normalized spacial score (nSPS) is 17.1. The first-order valence-corrected chi connectivity index (χ1v) is 10.9. The second-order valence-corrected chi connectivity index (χ2v) is 10.4. The number of anilines is 1. The molecule has 1 aromatic heterocycles. The van der Waals surface area contributed by atoms with Crippen LogP contribution in [0.15, 0.2) is 32.3 Å². The van der Waals surface area contributed by atoms with E-state index in [4.69, 9.17) is 4.63 Å². The third kappa shape index (κ3) is 4.62. The molecule has 3 rings (SSSR count). The summed E-state index contributed by atoms with van der Waals surface area (Å²) in [5.41, 5.74) is 2.07. The zero-order valence-corrected chi connectivity index (χ0v) is 18.8. The third-order valence-electron chi connectivity index (χ3n) is 4.55. The van der Waals surface area contributed by atoms with Gasteiger partial charge in [-0.05, 0) is 44.4 Å². The molecule has 164 valence electrons. The van der Waals surface area contributed by atoms with Crippen LogP contribution in [0.2, 0.25) is 0 Å². The predicted octanol–water partition coefficient (Wildman–Crippen LogP) is 1.57. The Morgan fingerprint density at radius 1 is 1.43 bits per heavy atom. The number of halogens is 2. The summed E-state index contributed by atoms with van der Waals surface area (Å²) in [6.45, 7) is 2.99. The van der Waals surface area contributed by atoms with Gasteiger partial charge < -0.3 is 5.32 Å². The fourth-order valence-electron chi connectivity index (χ4n) is 2.88. The van der Waals surface area contributed by atoms with Crippen molar-refractivity contribution in [1.29, 1.82) is 0 Å². The SMILES string of the molecule is CN(C)S(=O)(=O)N1CC(C)(CNc2nonc2C(=Nc2ccc(F)c(Br)c2)NO)C1. The molecule has 1 aliphatic heterocycles. The van der Waals surface area contributed by atoms with Gasteiger partial charge in [-0.25, -0.2) is 14.0 Å². The van der Waals surface area contributed by atoms with Gasteiger partial charge in [0.1, 0.15) is 5.82 Å². The van der Waals surface area contributed by atoms with E-state index in [1.807, 2.05) is 12.4 Å². The molecule has 1 saturated heterocycles. The number of hydroxylamine groups is 1. The summed E-state index contributed by atoms with van der Waals surface area (Å²) < 4.78 is 45.2. The maximum atomic E-state index is 13.4. The van der Waals surface area contributed by atoms with Crippen LogP contribution in [0.5, 0.6) is 0 Å². The van der Waals surface area contributed by atoms with E-state index in [9.17, 15) is 18.0 Å². The Hall–Kier alpha value is -2.13. The number of nitrogens with zero attached hydrogens (tertiary/aromatic N) is 5. The van der Waals surface area contributed by atoms with Crippen molar-refractivity contribution in [2.24, 2.45) is 10.4 Å². The van der Waals surface area contributed by atoms with E-state index in [1.165, 1.54) is 40.9 Å². The molecular formula is C16H21BrFN7O4S. The predicted molar refractivity (Wildman–Crippen MR) is 110 cm³/mol. The first kappa shape index (κ1) is 22.6. The number of amidine groups is 1. The summed E-state index contributed by atoms with van der Waals surface area (Å²) in [6, 6.07) is 4.08. The summed E-state index contributed by atoms with van der Waals surface area (Å²) >= 11 is 3.07. The Morgan fingerprint density at radius 3 is 2.73 bits per heavy atom.